The molecular formula is C22H24Cl2N5+. The van der Waals surface area contributed by atoms with Gasteiger partial charge in [-0.2, -0.15) is 4.98 Å². The van der Waals surface area contributed by atoms with Crippen molar-refractivity contribution in [3.63, 3.8) is 0 Å². The topological polar surface area (TPSA) is 50.7 Å². The highest BCUT2D eigenvalue weighted by molar-refractivity contribution is 6.31. The van der Waals surface area contributed by atoms with Gasteiger partial charge in [-0.1, -0.05) is 37.6 Å². The minimum absolute atomic E-state index is 0.249. The molecule has 0 aliphatic carbocycles. The summed E-state index contributed by atoms with van der Waals surface area (Å²) in [4.78, 5) is 13.2. The van der Waals surface area contributed by atoms with Crippen molar-refractivity contribution in [3.8, 4) is 0 Å². The fourth-order valence-corrected chi connectivity index (χ4v) is 3.46. The molecule has 2 heterocycles. The zero-order chi connectivity index (χ0) is 21.0. The van der Waals surface area contributed by atoms with E-state index in [4.69, 9.17) is 23.2 Å². The lowest BCUT2D eigenvalue weighted by Crippen LogP contribution is -2.45. The van der Waals surface area contributed by atoms with Gasteiger partial charge in [0.25, 0.3) is 0 Å². The molecule has 0 fully saturated rings. The van der Waals surface area contributed by atoms with E-state index in [0.29, 0.717) is 16.2 Å². The Balaban J connectivity index is 0.00000117. The van der Waals surface area contributed by atoms with E-state index in [0.717, 1.165) is 33.3 Å². The highest BCUT2D eigenvalue weighted by Crippen LogP contribution is 2.29. The fourth-order valence-electron chi connectivity index (χ4n) is 3.13. The number of aromatic nitrogens is 3. The van der Waals surface area contributed by atoms with Crippen molar-refractivity contribution in [2.45, 2.75) is 13.8 Å². The van der Waals surface area contributed by atoms with Crippen molar-refractivity contribution in [3.05, 3.63) is 65.0 Å². The van der Waals surface area contributed by atoms with Gasteiger partial charge in [-0.3, -0.25) is 9.47 Å². The Morgan fingerprint density at radius 2 is 1.66 bits per heavy atom. The number of quaternary nitrogens is 1. The smallest absolute Gasteiger partial charge is 0.240 e. The molecule has 0 amide bonds. The molecule has 0 radical (unpaired) electrons. The Bertz CT molecular complexity index is 1140. The first kappa shape index (κ1) is 21.2. The van der Waals surface area contributed by atoms with Crippen LogP contribution in [0.1, 0.15) is 13.8 Å². The summed E-state index contributed by atoms with van der Waals surface area (Å²) in [5.74, 6) is 0.861. The van der Waals surface area contributed by atoms with Crippen LogP contribution in [-0.4, -0.2) is 35.7 Å². The molecule has 0 aliphatic heterocycles. The summed E-state index contributed by atoms with van der Waals surface area (Å²) < 4.78 is 0.486. The number of benzene rings is 2. The third-order valence-electron chi connectivity index (χ3n) is 4.50. The largest absolute Gasteiger partial charge is 0.338 e. The van der Waals surface area contributed by atoms with Crippen LogP contribution in [0.15, 0.2) is 54.7 Å². The maximum atomic E-state index is 6.17. The van der Waals surface area contributed by atoms with Gasteiger partial charge in [0.05, 0.1) is 30.5 Å². The van der Waals surface area contributed by atoms with Crippen LogP contribution in [0, 0.1) is 0 Å². The summed E-state index contributed by atoms with van der Waals surface area (Å²) in [6, 6.07) is 15.6. The van der Waals surface area contributed by atoms with Crippen LogP contribution in [0.2, 0.25) is 10.3 Å². The van der Waals surface area contributed by atoms with E-state index >= 15 is 0 Å². The molecule has 150 valence electrons. The summed E-state index contributed by atoms with van der Waals surface area (Å²) in [6.45, 7) is 4.61. The molecule has 2 aromatic carbocycles. The first-order chi connectivity index (χ1) is 13.9. The Hall–Kier alpha value is -2.47. The van der Waals surface area contributed by atoms with Crippen molar-refractivity contribution >= 4 is 56.5 Å². The molecule has 2 aromatic heterocycles. The average Bonchev–Trinajstić information content (AvgIpc) is 2.72. The molecule has 29 heavy (non-hydrogen) atoms. The first-order valence-electron chi connectivity index (χ1n) is 9.48. The number of halogens is 2. The van der Waals surface area contributed by atoms with Gasteiger partial charge in [0.2, 0.25) is 11.1 Å². The van der Waals surface area contributed by atoms with Gasteiger partial charge in [-0.05, 0) is 48.0 Å². The van der Waals surface area contributed by atoms with Crippen LogP contribution in [0.3, 0.4) is 0 Å². The standard InChI is InChI=1S/C20H18Cl2N5.C2H6/c1-27(2,19-15-5-3-4-6-17(15)25-20(22)26-19)12-24-16-9-10-23-18-11-13(21)7-8-14(16)18;1-2/h3-11H,12H2,1-2H3,(H,23,24);1-2H3/q+1;. The van der Waals surface area contributed by atoms with Crippen LogP contribution in [0.4, 0.5) is 11.5 Å². The number of rotatable bonds is 4. The van der Waals surface area contributed by atoms with Gasteiger partial charge in [0.15, 0.2) is 6.67 Å². The van der Waals surface area contributed by atoms with Crippen LogP contribution in [0.25, 0.3) is 21.8 Å². The van der Waals surface area contributed by atoms with Crippen molar-refractivity contribution in [1.29, 1.82) is 0 Å². The number of pyridine rings is 1. The lowest BCUT2D eigenvalue weighted by Gasteiger charge is -2.29. The third kappa shape index (κ3) is 4.58. The summed E-state index contributed by atoms with van der Waals surface area (Å²) in [6.07, 6.45) is 1.78. The molecule has 4 aromatic rings. The van der Waals surface area contributed by atoms with Crippen LogP contribution in [0.5, 0.6) is 0 Å². The van der Waals surface area contributed by atoms with Gasteiger partial charge in [-0.25, -0.2) is 4.98 Å². The van der Waals surface area contributed by atoms with E-state index in [2.05, 4.69) is 34.4 Å². The monoisotopic (exact) mass is 428 g/mol. The highest BCUT2D eigenvalue weighted by Gasteiger charge is 2.25. The lowest BCUT2D eigenvalue weighted by atomic mass is 10.2. The molecular weight excluding hydrogens is 405 g/mol. The molecule has 0 atom stereocenters. The Labute approximate surface area is 180 Å². The molecule has 0 aliphatic rings. The number of fused-ring (bicyclic) bond motifs is 2. The first-order valence-corrected chi connectivity index (χ1v) is 10.2. The van der Waals surface area contributed by atoms with Crippen molar-refractivity contribution in [1.82, 2.24) is 19.4 Å². The number of nitrogens with one attached hydrogen (secondary N) is 1. The zero-order valence-corrected chi connectivity index (χ0v) is 18.5. The van der Waals surface area contributed by atoms with E-state index in [1.165, 1.54) is 0 Å². The molecule has 7 heteroatoms. The second-order valence-electron chi connectivity index (χ2n) is 6.87. The summed E-state index contributed by atoms with van der Waals surface area (Å²) in [7, 11) is 4.16. The molecule has 1 N–H and O–H groups in total. The van der Waals surface area contributed by atoms with Gasteiger partial charge in [-0.15, -0.1) is 0 Å². The second kappa shape index (κ2) is 8.91. The van der Waals surface area contributed by atoms with E-state index in [-0.39, 0.29) is 5.28 Å². The Morgan fingerprint density at radius 1 is 0.897 bits per heavy atom. The maximum absolute atomic E-state index is 6.17. The number of hydrogen-bond acceptors (Lipinski definition) is 4. The van der Waals surface area contributed by atoms with E-state index < -0.39 is 0 Å². The van der Waals surface area contributed by atoms with Gasteiger partial charge in [0, 0.05) is 22.3 Å². The van der Waals surface area contributed by atoms with Crippen molar-refractivity contribution in [2.24, 2.45) is 0 Å². The maximum Gasteiger partial charge on any atom is 0.240 e. The third-order valence-corrected chi connectivity index (χ3v) is 4.90. The highest BCUT2D eigenvalue weighted by atomic mass is 35.5. The van der Waals surface area contributed by atoms with E-state index in [1.54, 1.807) is 6.20 Å². The second-order valence-corrected chi connectivity index (χ2v) is 7.65. The Morgan fingerprint density at radius 3 is 2.45 bits per heavy atom. The summed E-state index contributed by atoms with van der Waals surface area (Å²) in [5, 5.41) is 6.44. The minimum atomic E-state index is 0.249. The predicted octanol–water partition coefficient (Wildman–Crippen LogP) is 6.15. The van der Waals surface area contributed by atoms with E-state index in [1.807, 2.05) is 62.4 Å². The number of anilines is 1. The van der Waals surface area contributed by atoms with Gasteiger partial charge < -0.3 is 5.32 Å². The zero-order valence-electron chi connectivity index (χ0n) is 16.9. The summed E-state index contributed by atoms with van der Waals surface area (Å²) >= 11 is 12.2. The molecule has 0 spiro atoms. The SMILES string of the molecule is CC.C[N+](C)(CNc1ccnc2cc(Cl)ccc12)c1nc(Cl)nc2ccccc12. The molecule has 4 rings (SSSR count). The van der Waals surface area contributed by atoms with Gasteiger partial charge in [0.1, 0.15) is 0 Å². The van der Waals surface area contributed by atoms with Gasteiger partial charge >= 0.3 is 0 Å². The molecule has 0 bridgehead atoms. The lowest BCUT2D eigenvalue weighted by molar-refractivity contribution is 0.419. The molecule has 0 unspecified atom stereocenters. The van der Waals surface area contributed by atoms with Crippen LogP contribution >= 0.6 is 23.2 Å². The van der Waals surface area contributed by atoms with E-state index in [9.17, 15) is 0 Å². The average molecular weight is 429 g/mol. The number of para-hydroxylation sites is 1. The minimum Gasteiger partial charge on any atom is -0.338 e. The predicted molar refractivity (Wildman–Crippen MR) is 125 cm³/mol. The fraction of sp³-hybridized carbons (Fsp3) is 0.227. The quantitative estimate of drug-likeness (QED) is 0.240. The van der Waals surface area contributed by atoms with Crippen molar-refractivity contribution in [2.75, 3.05) is 26.1 Å². The Kier molecular flexibility index (Phi) is 6.52. The normalized spacial score (nSPS) is 11.2. The van der Waals surface area contributed by atoms with Crippen LogP contribution < -0.4 is 9.80 Å². The molecule has 5 nitrogen and oxygen atoms in total. The number of nitrogens with zero attached hydrogens (tertiary/aromatic N) is 4. The van der Waals surface area contributed by atoms with Crippen LogP contribution in [-0.2, 0) is 0 Å². The summed E-state index contributed by atoms with van der Waals surface area (Å²) in [5.41, 5.74) is 2.68. The van der Waals surface area contributed by atoms with Crippen molar-refractivity contribution < 1.29 is 0 Å². The molecule has 0 saturated carbocycles. The number of hydrogen-bond donors (Lipinski definition) is 1. The molecule has 0 saturated heterocycles.